The van der Waals surface area contributed by atoms with Gasteiger partial charge in [0.1, 0.15) is 17.7 Å². The third-order valence-corrected chi connectivity index (χ3v) is 8.99. The first-order chi connectivity index (χ1) is 21.6. The number of carbonyl (C=O) groups is 4. The Hall–Kier alpha value is -3.14. The van der Waals surface area contributed by atoms with Crippen LogP contribution in [0, 0.1) is 23.7 Å². The quantitative estimate of drug-likeness (QED) is 0.179. The Morgan fingerprint density at radius 3 is 2.11 bits per heavy atom. The van der Waals surface area contributed by atoms with E-state index in [-0.39, 0.29) is 30.6 Å². The van der Waals surface area contributed by atoms with Crippen LogP contribution in [0.1, 0.15) is 105 Å². The van der Waals surface area contributed by atoms with Crippen molar-refractivity contribution in [1.82, 2.24) is 16.0 Å². The number of nitrogens with one attached hydrogen (secondary N) is 3. The zero-order chi connectivity index (χ0) is 34.4. The number of alkyl carbamates (subject to hydrolysis) is 1. The molecule has 3 amide bonds. The SMILES string of the molecule is CC[C@H](C)[C@H](NC(=O)[C@@H](C[C@H](O)[C@H](CC1CCCCC1)NC(=O)OC(C)(C)C)C(C)C)C(=O)N[C@@H](Cc1ccccc1)C(=O)OC. The molecule has 1 aliphatic rings. The molecule has 0 aromatic heterocycles. The summed E-state index contributed by atoms with van der Waals surface area (Å²) in [5.41, 5.74) is 0.170. The summed E-state index contributed by atoms with van der Waals surface area (Å²) in [4.78, 5) is 52.9. The number of hydrogen-bond acceptors (Lipinski definition) is 7. The number of carbonyl (C=O) groups excluding carboxylic acids is 4. The van der Waals surface area contributed by atoms with Gasteiger partial charge < -0.3 is 30.5 Å². The van der Waals surface area contributed by atoms with Crippen molar-refractivity contribution in [2.45, 2.75) is 136 Å². The van der Waals surface area contributed by atoms with Crippen LogP contribution in [0.15, 0.2) is 30.3 Å². The van der Waals surface area contributed by atoms with Gasteiger partial charge in [0.2, 0.25) is 11.8 Å². The van der Waals surface area contributed by atoms with Crippen molar-refractivity contribution in [2.75, 3.05) is 7.11 Å². The molecule has 10 nitrogen and oxygen atoms in total. The van der Waals surface area contributed by atoms with Crippen molar-refractivity contribution < 1.29 is 33.8 Å². The van der Waals surface area contributed by atoms with Crippen molar-refractivity contribution in [3.63, 3.8) is 0 Å². The molecule has 0 radical (unpaired) electrons. The smallest absolute Gasteiger partial charge is 0.407 e. The Morgan fingerprint density at radius 1 is 0.935 bits per heavy atom. The first-order valence-electron chi connectivity index (χ1n) is 17.0. The molecular formula is C36H59N3O7. The van der Waals surface area contributed by atoms with E-state index in [1.165, 1.54) is 13.5 Å². The van der Waals surface area contributed by atoms with E-state index in [1.807, 2.05) is 58.0 Å². The van der Waals surface area contributed by atoms with Crippen molar-refractivity contribution in [3.05, 3.63) is 35.9 Å². The number of aliphatic hydroxyl groups excluding tert-OH is 1. The predicted molar refractivity (Wildman–Crippen MR) is 179 cm³/mol. The second-order valence-corrected chi connectivity index (χ2v) is 14.3. The van der Waals surface area contributed by atoms with E-state index in [4.69, 9.17) is 9.47 Å². The molecule has 2 rings (SSSR count). The van der Waals surface area contributed by atoms with E-state index in [0.717, 1.165) is 31.2 Å². The standard InChI is InChI=1S/C36H59N3O7/c1-9-24(4)31(33(42)37-29(34(43)45-8)21-26-18-14-11-15-19-26)39-32(41)27(23(2)3)22-30(40)28(20-25-16-12-10-13-17-25)38-35(44)46-36(5,6)7/h11,14-15,18-19,23-25,27-31,40H,9-10,12-13,16-17,20-22H2,1-8H3,(H,37,42)(H,38,44)(H,39,41)/t24-,27-,28-,29-,30-,31-/m0/s1. The van der Waals surface area contributed by atoms with Crippen molar-refractivity contribution in [3.8, 4) is 0 Å². The minimum Gasteiger partial charge on any atom is -0.467 e. The van der Waals surface area contributed by atoms with Crippen molar-refractivity contribution >= 4 is 23.9 Å². The van der Waals surface area contributed by atoms with E-state index in [0.29, 0.717) is 18.8 Å². The largest absolute Gasteiger partial charge is 0.467 e. The Balaban J connectivity index is 2.21. The summed E-state index contributed by atoms with van der Waals surface area (Å²) in [7, 11) is 1.28. The van der Waals surface area contributed by atoms with Crippen LogP contribution in [0.4, 0.5) is 4.79 Å². The zero-order valence-electron chi connectivity index (χ0n) is 29.3. The second-order valence-electron chi connectivity index (χ2n) is 14.3. The molecule has 4 N–H and O–H groups in total. The summed E-state index contributed by atoms with van der Waals surface area (Å²) < 4.78 is 10.5. The van der Waals surface area contributed by atoms with Gasteiger partial charge in [0.15, 0.2) is 0 Å². The number of benzene rings is 1. The molecule has 1 aliphatic carbocycles. The summed E-state index contributed by atoms with van der Waals surface area (Å²) in [6.07, 6.45) is 5.47. The minimum absolute atomic E-state index is 0.102. The van der Waals surface area contributed by atoms with Crippen LogP contribution >= 0.6 is 0 Å². The number of hydrogen-bond donors (Lipinski definition) is 4. The van der Waals surface area contributed by atoms with Crippen LogP contribution in [-0.4, -0.2) is 65.9 Å². The van der Waals surface area contributed by atoms with Crippen LogP contribution < -0.4 is 16.0 Å². The van der Waals surface area contributed by atoms with E-state index < -0.39 is 53.7 Å². The maximum Gasteiger partial charge on any atom is 0.407 e. The van der Waals surface area contributed by atoms with Gasteiger partial charge in [-0.3, -0.25) is 9.59 Å². The van der Waals surface area contributed by atoms with E-state index in [1.54, 1.807) is 20.8 Å². The summed E-state index contributed by atoms with van der Waals surface area (Å²) in [5.74, 6) is -2.07. The molecule has 1 fully saturated rings. The molecule has 0 bridgehead atoms. The molecule has 0 aliphatic heterocycles. The average molecular weight is 646 g/mol. The number of esters is 1. The lowest BCUT2D eigenvalue weighted by Crippen LogP contribution is -2.56. The van der Waals surface area contributed by atoms with Gasteiger partial charge >= 0.3 is 12.1 Å². The van der Waals surface area contributed by atoms with Crippen molar-refractivity contribution in [2.24, 2.45) is 23.7 Å². The number of methoxy groups -OCH3 is 1. The van der Waals surface area contributed by atoms with Gasteiger partial charge in [-0.1, -0.05) is 96.6 Å². The van der Waals surface area contributed by atoms with Crippen LogP contribution in [0.5, 0.6) is 0 Å². The molecule has 260 valence electrons. The highest BCUT2D eigenvalue weighted by molar-refractivity contribution is 5.91. The normalized spacial score (nSPS) is 18.0. The van der Waals surface area contributed by atoms with Gasteiger partial charge in [0, 0.05) is 12.3 Å². The molecule has 0 heterocycles. The Kier molecular flexibility index (Phi) is 16.0. The van der Waals surface area contributed by atoms with Gasteiger partial charge in [-0.15, -0.1) is 0 Å². The molecule has 46 heavy (non-hydrogen) atoms. The summed E-state index contributed by atoms with van der Waals surface area (Å²) >= 11 is 0. The summed E-state index contributed by atoms with van der Waals surface area (Å²) in [6, 6.07) is 6.91. The lowest BCUT2D eigenvalue weighted by atomic mass is 9.81. The molecule has 0 spiro atoms. The molecule has 1 saturated carbocycles. The topological polar surface area (TPSA) is 143 Å². The maximum atomic E-state index is 13.8. The van der Waals surface area contributed by atoms with Crippen molar-refractivity contribution in [1.29, 1.82) is 0 Å². The monoisotopic (exact) mass is 645 g/mol. The summed E-state index contributed by atoms with van der Waals surface area (Å²) in [5, 5.41) is 20.2. The summed E-state index contributed by atoms with van der Waals surface area (Å²) in [6.45, 7) is 13.0. The molecular weight excluding hydrogens is 586 g/mol. The van der Waals surface area contributed by atoms with E-state index in [2.05, 4.69) is 16.0 Å². The first kappa shape index (κ1) is 39.0. The van der Waals surface area contributed by atoms with Crippen LogP contribution in [0.25, 0.3) is 0 Å². The highest BCUT2D eigenvalue weighted by Crippen LogP contribution is 2.30. The fraction of sp³-hybridized carbons (Fsp3) is 0.722. The van der Waals surface area contributed by atoms with Gasteiger partial charge in [0.25, 0.3) is 0 Å². The molecule has 1 aromatic carbocycles. The third-order valence-electron chi connectivity index (χ3n) is 8.99. The highest BCUT2D eigenvalue weighted by atomic mass is 16.6. The van der Waals surface area contributed by atoms with Gasteiger partial charge in [-0.2, -0.15) is 0 Å². The lowest BCUT2D eigenvalue weighted by molar-refractivity contribution is -0.145. The first-order valence-corrected chi connectivity index (χ1v) is 17.0. The van der Waals surface area contributed by atoms with Crippen LogP contribution in [0.2, 0.25) is 0 Å². The van der Waals surface area contributed by atoms with Gasteiger partial charge in [-0.05, 0) is 56.9 Å². The van der Waals surface area contributed by atoms with E-state index >= 15 is 0 Å². The molecule has 0 saturated heterocycles. The minimum atomic E-state index is -1.00. The molecule has 10 heteroatoms. The van der Waals surface area contributed by atoms with Gasteiger partial charge in [-0.25, -0.2) is 9.59 Å². The number of ether oxygens (including phenoxy) is 2. The second kappa shape index (κ2) is 18.9. The number of aliphatic hydroxyl groups is 1. The molecule has 0 unspecified atom stereocenters. The molecule has 6 atom stereocenters. The van der Waals surface area contributed by atoms with Crippen LogP contribution in [0.3, 0.4) is 0 Å². The molecule has 1 aromatic rings. The Labute approximate surface area is 276 Å². The Bertz CT molecular complexity index is 1100. The average Bonchev–Trinajstić information content (AvgIpc) is 3.00. The predicted octanol–water partition coefficient (Wildman–Crippen LogP) is 5.30. The zero-order valence-corrected chi connectivity index (χ0v) is 29.3. The van der Waals surface area contributed by atoms with E-state index in [9.17, 15) is 24.3 Å². The fourth-order valence-electron chi connectivity index (χ4n) is 6.07. The lowest BCUT2D eigenvalue weighted by Gasteiger charge is -2.33. The fourth-order valence-corrected chi connectivity index (χ4v) is 6.07. The highest BCUT2D eigenvalue weighted by Gasteiger charge is 2.36. The maximum absolute atomic E-state index is 13.8. The number of amides is 3. The third kappa shape index (κ3) is 13.3. The van der Waals surface area contributed by atoms with Gasteiger partial charge in [0.05, 0.1) is 19.3 Å². The van der Waals surface area contributed by atoms with Crippen LogP contribution in [-0.2, 0) is 30.3 Å². The Morgan fingerprint density at radius 2 is 1.57 bits per heavy atom. The number of rotatable bonds is 16.